The molecule has 0 radical (unpaired) electrons. The molecule has 0 bridgehead atoms. The molecule has 7 nitrogen and oxygen atoms in total. The lowest BCUT2D eigenvalue weighted by Gasteiger charge is -2.30. The molecule has 0 spiro atoms. The predicted octanol–water partition coefficient (Wildman–Crippen LogP) is 5.24. The van der Waals surface area contributed by atoms with E-state index in [1.54, 1.807) is 29.3 Å². The quantitative estimate of drug-likeness (QED) is 0.348. The van der Waals surface area contributed by atoms with Gasteiger partial charge < -0.3 is 14.5 Å². The highest BCUT2D eigenvalue weighted by atomic mass is 19.1. The maximum Gasteiger partial charge on any atom is 0.254 e. The number of amides is 1. The summed E-state index contributed by atoms with van der Waals surface area (Å²) in [4.78, 5) is 22.2. The summed E-state index contributed by atoms with van der Waals surface area (Å²) in [5.74, 6) is 0.0780. The van der Waals surface area contributed by atoms with Gasteiger partial charge in [0.2, 0.25) is 0 Å². The first-order valence-corrected chi connectivity index (χ1v) is 12.0. The van der Waals surface area contributed by atoms with Gasteiger partial charge in [-0.05, 0) is 76.8 Å². The van der Waals surface area contributed by atoms with Gasteiger partial charge in [-0.25, -0.2) is 4.39 Å². The third kappa shape index (κ3) is 5.23. The summed E-state index contributed by atoms with van der Waals surface area (Å²) in [5, 5.41) is 8.26. The number of ether oxygens (including phenoxy) is 1. The highest BCUT2D eigenvalue weighted by Gasteiger charge is 2.26. The second-order valence-corrected chi connectivity index (χ2v) is 9.14. The second-order valence-electron chi connectivity index (χ2n) is 9.14. The van der Waals surface area contributed by atoms with E-state index in [1.807, 2.05) is 53.3 Å². The molecule has 36 heavy (non-hydrogen) atoms. The van der Waals surface area contributed by atoms with Crippen molar-refractivity contribution in [2.45, 2.75) is 26.3 Å². The van der Waals surface area contributed by atoms with Crippen molar-refractivity contribution in [1.29, 1.82) is 0 Å². The van der Waals surface area contributed by atoms with Crippen LogP contribution in [0.25, 0.3) is 22.0 Å². The van der Waals surface area contributed by atoms with Crippen LogP contribution in [0.15, 0.2) is 54.9 Å². The Morgan fingerprint density at radius 2 is 1.94 bits per heavy atom. The molecule has 8 heteroatoms. The minimum atomic E-state index is -0.324. The number of aromatic nitrogens is 3. The van der Waals surface area contributed by atoms with Crippen LogP contribution < -0.4 is 4.74 Å². The zero-order valence-electron chi connectivity index (χ0n) is 21.4. The number of nitrogens with zero attached hydrogens (tertiary/aromatic N) is 4. The average Bonchev–Trinajstić information content (AvgIpc) is 3.36. The van der Waals surface area contributed by atoms with Crippen molar-refractivity contribution in [1.82, 2.24) is 25.0 Å². The van der Waals surface area contributed by atoms with E-state index in [0.717, 1.165) is 34.3 Å². The standard InChI is InChI=1S/C28H32FN5O2/c1-6-36-26-15-20(10-11-22(26)19-8-7-9-21(29)14-19)28(35)34(5)25(12-13-33(3)4)24-16-30-18(2)23-17-31-32-27(23)24/h7-11,14-17,25H,6,12-13H2,1-5H3,(H,31,32)/t25-/m1/s1. The summed E-state index contributed by atoms with van der Waals surface area (Å²) in [7, 11) is 5.83. The van der Waals surface area contributed by atoms with Gasteiger partial charge in [0.05, 0.1) is 24.4 Å². The summed E-state index contributed by atoms with van der Waals surface area (Å²) in [6, 6.07) is 11.4. The van der Waals surface area contributed by atoms with Crippen LogP contribution in [0.5, 0.6) is 5.75 Å². The number of carbonyl (C=O) groups excluding carboxylic acids is 1. The minimum Gasteiger partial charge on any atom is -0.493 e. The van der Waals surface area contributed by atoms with Gasteiger partial charge in [-0.3, -0.25) is 14.9 Å². The van der Waals surface area contributed by atoms with E-state index in [0.29, 0.717) is 29.9 Å². The lowest BCUT2D eigenvalue weighted by molar-refractivity contribution is 0.0716. The first-order valence-electron chi connectivity index (χ1n) is 12.0. The van der Waals surface area contributed by atoms with Gasteiger partial charge >= 0.3 is 0 Å². The van der Waals surface area contributed by atoms with Gasteiger partial charge in [-0.15, -0.1) is 0 Å². The van der Waals surface area contributed by atoms with E-state index in [1.165, 1.54) is 12.1 Å². The first kappa shape index (κ1) is 25.3. The molecule has 4 aromatic rings. The fourth-order valence-corrected chi connectivity index (χ4v) is 4.44. The Kier molecular flexibility index (Phi) is 7.64. The molecular formula is C28H32FN5O2. The van der Waals surface area contributed by atoms with E-state index >= 15 is 0 Å². The highest BCUT2D eigenvalue weighted by Crippen LogP contribution is 2.34. The van der Waals surface area contributed by atoms with Crippen LogP contribution >= 0.6 is 0 Å². The molecule has 0 aliphatic heterocycles. The van der Waals surface area contributed by atoms with Crippen LogP contribution in [0, 0.1) is 12.7 Å². The third-order valence-corrected chi connectivity index (χ3v) is 6.38. The second kappa shape index (κ2) is 10.9. The highest BCUT2D eigenvalue weighted by molar-refractivity contribution is 5.96. The fourth-order valence-electron chi connectivity index (χ4n) is 4.44. The topological polar surface area (TPSA) is 74.3 Å². The summed E-state index contributed by atoms with van der Waals surface area (Å²) in [5.41, 5.74) is 4.63. The predicted molar refractivity (Wildman–Crippen MR) is 140 cm³/mol. The number of hydrogen-bond donors (Lipinski definition) is 1. The number of aryl methyl sites for hydroxylation is 1. The SMILES string of the molecule is CCOc1cc(C(=O)N(C)[C@H](CCN(C)C)c2cnc(C)c3cn[nH]c23)ccc1-c1cccc(F)c1. The third-order valence-electron chi connectivity index (χ3n) is 6.38. The van der Waals surface area contributed by atoms with Crippen molar-refractivity contribution >= 4 is 16.8 Å². The largest absolute Gasteiger partial charge is 0.493 e. The number of benzene rings is 2. The van der Waals surface area contributed by atoms with Crippen molar-refractivity contribution in [2.75, 3.05) is 34.3 Å². The van der Waals surface area contributed by atoms with E-state index in [9.17, 15) is 9.18 Å². The van der Waals surface area contributed by atoms with Crippen LogP contribution in [0.2, 0.25) is 0 Å². The summed E-state index contributed by atoms with van der Waals surface area (Å²) in [6.45, 7) is 5.04. The zero-order valence-corrected chi connectivity index (χ0v) is 21.4. The number of pyridine rings is 1. The van der Waals surface area contributed by atoms with Crippen LogP contribution in [-0.2, 0) is 0 Å². The zero-order chi connectivity index (χ0) is 25.8. The van der Waals surface area contributed by atoms with E-state index in [2.05, 4.69) is 20.1 Å². The Labute approximate surface area is 210 Å². The molecule has 0 unspecified atom stereocenters. The molecule has 0 aliphatic carbocycles. The van der Waals surface area contributed by atoms with Crippen LogP contribution in [0.4, 0.5) is 4.39 Å². The Balaban J connectivity index is 1.71. The molecule has 188 valence electrons. The summed E-state index contributed by atoms with van der Waals surface area (Å²) >= 11 is 0. The van der Waals surface area contributed by atoms with Crippen molar-refractivity contribution in [3.8, 4) is 16.9 Å². The molecule has 0 saturated carbocycles. The smallest absolute Gasteiger partial charge is 0.254 e. The monoisotopic (exact) mass is 489 g/mol. The number of carbonyl (C=O) groups is 1. The van der Waals surface area contributed by atoms with Gasteiger partial charge in [-0.2, -0.15) is 5.10 Å². The van der Waals surface area contributed by atoms with Crippen LogP contribution in [0.1, 0.15) is 41.0 Å². The minimum absolute atomic E-state index is 0.140. The molecule has 1 atom stereocenters. The first-order chi connectivity index (χ1) is 17.3. The van der Waals surface area contributed by atoms with Crippen molar-refractivity contribution in [3.05, 3.63) is 77.5 Å². The van der Waals surface area contributed by atoms with Gasteiger partial charge in [-0.1, -0.05) is 12.1 Å². The summed E-state index contributed by atoms with van der Waals surface area (Å²) in [6.07, 6.45) is 4.32. The molecule has 1 N–H and O–H groups in total. The number of halogens is 1. The molecular weight excluding hydrogens is 457 g/mol. The van der Waals surface area contributed by atoms with Gasteiger partial charge in [0.15, 0.2) is 0 Å². The Morgan fingerprint density at radius 1 is 1.14 bits per heavy atom. The van der Waals surface area contributed by atoms with Gasteiger partial charge in [0.25, 0.3) is 5.91 Å². The molecule has 0 fully saturated rings. The number of rotatable bonds is 9. The van der Waals surface area contributed by atoms with Crippen molar-refractivity contribution in [2.24, 2.45) is 0 Å². The molecule has 0 saturated heterocycles. The number of aromatic amines is 1. The van der Waals surface area contributed by atoms with Crippen molar-refractivity contribution < 1.29 is 13.9 Å². The lowest BCUT2D eigenvalue weighted by atomic mass is 9.99. The van der Waals surface area contributed by atoms with Crippen LogP contribution in [0.3, 0.4) is 0 Å². The lowest BCUT2D eigenvalue weighted by Crippen LogP contribution is -2.33. The summed E-state index contributed by atoms with van der Waals surface area (Å²) < 4.78 is 19.7. The molecule has 4 rings (SSSR count). The average molecular weight is 490 g/mol. The molecule has 2 aromatic heterocycles. The molecule has 0 aliphatic rings. The number of nitrogens with one attached hydrogen (secondary N) is 1. The molecule has 2 heterocycles. The molecule has 2 aromatic carbocycles. The van der Waals surface area contributed by atoms with Gasteiger partial charge in [0.1, 0.15) is 11.6 Å². The Morgan fingerprint density at radius 3 is 2.67 bits per heavy atom. The van der Waals surface area contributed by atoms with E-state index in [-0.39, 0.29) is 17.8 Å². The number of H-pyrrole nitrogens is 1. The number of fused-ring (bicyclic) bond motifs is 1. The maximum absolute atomic E-state index is 13.9. The van der Waals surface area contributed by atoms with Crippen LogP contribution in [-0.4, -0.2) is 65.2 Å². The van der Waals surface area contributed by atoms with Crippen molar-refractivity contribution in [3.63, 3.8) is 0 Å². The fraction of sp³-hybridized carbons (Fsp3) is 0.321. The molecule has 1 amide bonds. The Hall–Kier alpha value is -3.78. The maximum atomic E-state index is 13.9. The number of hydrogen-bond acceptors (Lipinski definition) is 5. The van der Waals surface area contributed by atoms with Gasteiger partial charge in [0, 0.05) is 41.0 Å². The normalized spacial score (nSPS) is 12.2. The van der Waals surface area contributed by atoms with E-state index in [4.69, 9.17) is 4.74 Å². The Bertz CT molecular complexity index is 1370. The van der Waals surface area contributed by atoms with E-state index < -0.39 is 0 Å².